The van der Waals surface area contributed by atoms with E-state index in [1.165, 1.54) is 0 Å². The molecule has 3 amide bonds. The molecule has 0 spiro atoms. The Morgan fingerprint density at radius 2 is 1.76 bits per heavy atom. The highest BCUT2D eigenvalue weighted by molar-refractivity contribution is 6.02. The average molecular weight is 571 g/mol. The maximum absolute atomic E-state index is 14.1. The van der Waals surface area contributed by atoms with Crippen LogP contribution in [0, 0.1) is 5.92 Å². The molecule has 4 N–H and O–H groups in total. The third-order valence-corrected chi connectivity index (χ3v) is 7.35. The van der Waals surface area contributed by atoms with Crippen LogP contribution in [0.4, 0.5) is 16.2 Å². The number of rotatable bonds is 6. The molecule has 0 unspecified atom stereocenters. The van der Waals surface area contributed by atoms with Crippen LogP contribution in [0.3, 0.4) is 0 Å². The van der Waals surface area contributed by atoms with Crippen LogP contribution < -0.4 is 30.2 Å². The van der Waals surface area contributed by atoms with Gasteiger partial charge in [-0.2, -0.15) is 0 Å². The first kappa shape index (κ1) is 30.4. The Kier molecular flexibility index (Phi) is 10.7. The summed E-state index contributed by atoms with van der Waals surface area (Å²) in [5.41, 5.74) is 1.27. The van der Waals surface area contributed by atoms with E-state index in [9.17, 15) is 14.7 Å². The molecule has 0 fully saturated rings. The van der Waals surface area contributed by atoms with Gasteiger partial charge in [0.15, 0.2) is 11.5 Å². The molecular weight excluding hydrogens is 528 g/mol. The van der Waals surface area contributed by atoms with Crippen LogP contribution in [0.15, 0.2) is 36.4 Å². The Labute approximate surface area is 241 Å². The van der Waals surface area contributed by atoms with E-state index in [0.29, 0.717) is 53.9 Å². The Balaban J connectivity index is 1.60. The number of nitrogens with zero attached hydrogens (tertiary/aromatic N) is 1. The van der Waals surface area contributed by atoms with Crippen LogP contribution in [0.5, 0.6) is 17.2 Å². The van der Waals surface area contributed by atoms with Crippen LogP contribution >= 0.6 is 0 Å². The van der Waals surface area contributed by atoms with Crippen LogP contribution in [-0.2, 0) is 4.74 Å². The molecule has 11 heteroatoms. The van der Waals surface area contributed by atoms with Gasteiger partial charge < -0.3 is 44.9 Å². The molecule has 0 saturated carbocycles. The molecular formula is C30H42N4O7. The van der Waals surface area contributed by atoms with Crippen LogP contribution in [0.2, 0.25) is 0 Å². The van der Waals surface area contributed by atoms with Crippen molar-refractivity contribution >= 4 is 23.3 Å². The molecule has 224 valence electrons. The van der Waals surface area contributed by atoms with Crippen molar-refractivity contribution in [1.82, 2.24) is 10.2 Å². The molecule has 0 aromatic heterocycles. The van der Waals surface area contributed by atoms with E-state index in [0.717, 1.165) is 19.3 Å². The third-order valence-electron chi connectivity index (χ3n) is 7.35. The number of ether oxygens (including phenoxy) is 4. The molecule has 0 aliphatic carbocycles. The number of aliphatic hydroxyl groups is 1. The fourth-order valence-corrected chi connectivity index (χ4v) is 4.96. The highest BCUT2D eigenvalue weighted by Gasteiger charge is 2.30. The lowest BCUT2D eigenvalue weighted by molar-refractivity contribution is -0.000451. The van der Waals surface area contributed by atoms with Crippen molar-refractivity contribution in [1.29, 1.82) is 0 Å². The largest absolute Gasteiger partial charge is 0.490 e. The lowest BCUT2D eigenvalue weighted by Gasteiger charge is -2.34. The van der Waals surface area contributed by atoms with Gasteiger partial charge >= 0.3 is 6.03 Å². The van der Waals surface area contributed by atoms with Gasteiger partial charge in [-0.25, -0.2) is 4.79 Å². The van der Waals surface area contributed by atoms with Gasteiger partial charge in [-0.15, -0.1) is 0 Å². The number of anilines is 2. The predicted octanol–water partition coefficient (Wildman–Crippen LogP) is 4.07. The summed E-state index contributed by atoms with van der Waals surface area (Å²) >= 11 is 0. The van der Waals surface area contributed by atoms with Crippen molar-refractivity contribution in [2.24, 2.45) is 5.92 Å². The van der Waals surface area contributed by atoms with E-state index in [2.05, 4.69) is 22.9 Å². The van der Waals surface area contributed by atoms with E-state index in [1.54, 1.807) is 41.3 Å². The molecule has 2 heterocycles. The Bertz CT molecular complexity index is 1190. The summed E-state index contributed by atoms with van der Waals surface area (Å²) in [5.74, 6) is 1.32. The van der Waals surface area contributed by atoms with E-state index >= 15 is 0 Å². The second-order valence-electron chi connectivity index (χ2n) is 10.7. The van der Waals surface area contributed by atoms with Gasteiger partial charge in [0.25, 0.3) is 5.91 Å². The molecule has 0 bridgehead atoms. The van der Waals surface area contributed by atoms with Crippen molar-refractivity contribution in [3.63, 3.8) is 0 Å². The summed E-state index contributed by atoms with van der Waals surface area (Å²) < 4.78 is 23.2. The van der Waals surface area contributed by atoms with Gasteiger partial charge in [-0.05, 0) is 70.5 Å². The first-order valence-corrected chi connectivity index (χ1v) is 14.3. The maximum Gasteiger partial charge on any atom is 0.323 e. The first-order valence-electron chi connectivity index (χ1n) is 14.3. The normalized spacial score (nSPS) is 22.2. The molecule has 2 aromatic rings. The number of hydrogen-bond donors (Lipinski definition) is 4. The van der Waals surface area contributed by atoms with Crippen LogP contribution in [-0.4, -0.2) is 80.3 Å². The minimum absolute atomic E-state index is 0.000388. The molecule has 11 nitrogen and oxygen atoms in total. The third kappa shape index (κ3) is 8.02. The van der Waals surface area contributed by atoms with Crippen molar-refractivity contribution in [2.45, 2.75) is 58.3 Å². The smallest absolute Gasteiger partial charge is 0.323 e. The number of fused-ring (bicyclic) bond motifs is 2. The number of urea groups is 1. The summed E-state index contributed by atoms with van der Waals surface area (Å²) in [5, 5.41) is 18.8. The predicted molar refractivity (Wildman–Crippen MR) is 156 cm³/mol. The average Bonchev–Trinajstić information content (AvgIpc) is 3.42. The number of likely N-dealkylation sites (N-methyl/N-ethyl adjacent to an activating group) is 1. The SMILES string of the molecule is CNC[C@@H]1OCCCC[C@H](C)Oc2ccc(NC(=O)Nc3ccc4c(c3)OCO4)cc2C(=O)N([C@H](C)CO)C[C@H]1C. The Morgan fingerprint density at radius 3 is 2.49 bits per heavy atom. The molecule has 0 saturated heterocycles. The summed E-state index contributed by atoms with van der Waals surface area (Å²) in [6, 6.07) is 9.26. The number of benzene rings is 2. The van der Waals surface area contributed by atoms with Gasteiger partial charge in [0, 0.05) is 43.1 Å². The highest BCUT2D eigenvalue weighted by atomic mass is 16.7. The van der Waals surface area contributed by atoms with E-state index < -0.39 is 12.1 Å². The molecule has 2 aromatic carbocycles. The molecule has 4 rings (SSSR count). The number of hydrogen-bond acceptors (Lipinski definition) is 8. The number of nitrogens with one attached hydrogen (secondary N) is 3. The fourth-order valence-electron chi connectivity index (χ4n) is 4.96. The number of aliphatic hydroxyl groups excluding tert-OH is 1. The first-order chi connectivity index (χ1) is 19.8. The zero-order chi connectivity index (χ0) is 29.4. The molecule has 2 aliphatic rings. The molecule has 2 aliphatic heterocycles. The lowest BCUT2D eigenvalue weighted by Crippen LogP contribution is -2.47. The standard InChI is InChI=1S/C30H42N4O7/c1-19-16-34(20(2)17-35)29(36)24-13-22(32-30(37)33-23-9-11-26-27(14-23)40-18-39-26)8-10-25(24)41-21(3)7-5-6-12-38-28(19)15-31-4/h8-11,13-14,19-21,28,31,35H,5-7,12,15-18H2,1-4H3,(H2,32,33,37)/t19-,20-,21+,28+/m1/s1. The lowest BCUT2D eigenvalue weighted by atomic mass is 10.0. The van der Waals surface area contributed by atoms with Crippen LogP contribution in [0.25, 0.3) is 0 Å². The zero-order valence-corrected chi connectivity index (χ0v) is 24.3. The second-order valence-corrected chi connectivity index (χ2v) is 10.7. The highest BCUT2D eigenvalue weighted by Crippen LogP contribution is 2.34. The molecule has 4 atom stereocenters. The second kappa shape index (κ2) is 14.4. The monoisotopic (exact) mass is 570 g/mol. The Hall–Kier alpha value is -3.54. The number of carbonyl (C=O) groups is 2. The van der Waals surface area contributed by atoms with E-state index in [4.69, 9.17) is 18.9 Å². The van der Waals surface area contributed by atoms with Crippen molar-refractivity contribution in [3.05, 3.63) is 42.0 Å². The topological polar surface area (TPSA) is 131 Å². The molecule has 0 radical (unpaired) electrons. The van der Waals surface area contributed by atoms with Crippen molar-refractivity contribution in [2.75, 3.05) is 50.8 Å². The quantitative estimate of drug-likeness (QED) is 0.409. The summed E-state index contributed by atoms with van der Waals surface area (Å²) in [6.45, 7) is 7.45. The zero-order valence-electron chi connectivity index (χ0n) is 24.3. The minimum Gasteiger partial charge on any atom is -0.490 e. The van der Waals surface area contributed by atoms with E-state index in [1.807, 2.05) is 20.9 Å². The van der Waals surface area contributed by atoms with Gasteiger partial charge in [0.05, 0.1) is 30.4 Å². The number of carbonyl (C=O) groups excluding carboxylic acids is 2. The van der Waals surface area contributed by atoms with Gasteiger partial charge in [0.1, 0.15) is 5.75 Å². The van der Waals surface area contributed by atoms with Gasteiger partial charge in [-0.3, -0.25) is 4.79 Å². The summed E-state index contributed by atoms with van der Waals surface area (Å²) in [7, 11) is 1.88. The number of amides is 3. The minimum atomic E-state index is -0.479. The van der Waals surface area contributed by atoms with E-state index in [-0.39, 0.29) is 37.4 Å². The summed E-state index contributed by atoms with van der Waals surface area (Å²) in [4.78, 5) is 28.6. The fraction of sp³-hybridized carbons (Fsp3) is 0.533. The van der Waals surface area contributed by atoms with Crippen molar-refractivity contribution < 1.29 is 33.6 Å². The molecule has 41 heavy (non-hydrogen) atoms. The van der Waals surface area contributed by atoms with Gasteiger partial charge in [-0.1, -0.05) is 6.92 Å². The van der Waals surface area contributed by atoms with Crippen molar-refractivity contribution in [3.8, 4) is 17.2 Å². The Morgan fingerprint density at radius 1 is 1.05 bits per heavy atom. The summed E-state index contributed by atoms with van der Waals surface area (Å²) in [6.07, 6.45) is 2.42. The maximum atomic E-state index is 14.1. The van der Waals surface area contributed by atoms with Crippen LogP contribution in [0.1, 0.15) is 50.4 Å². The van der Waals surface area contributed by atoms with Gasteiger partial charge in [0.2, 0.25) is 6.79 Å².